The van der Waals surface area contributed by atoms with Gasteiger partial charge in [-0.3, -0.25) is 4.79 Å². The Bertz CT molecular complexity index is 1100. The molecule has 0 saturated heterocycles. The van der Waals surface area contributed by atoms with Crippen LogP contribution in [0.1, 0.15) is 162 Å². The quantitative estimate of drug-likeness (QED) is 0.0735. The van der Waals surface area contributed by atoms with Gasteiger partial charge in [-0.05, 0) is 41.4 Å². The lowest BCUT2D eigenvalue weighted by molar-refractivity contribution is -0.904. The number of rotatable bonds is 27. The summed E-state index contributed by atoms with van der Waals surface area (Å²) in [5.41, 5.74) is 3.19. The Morgan fingerprint density at radius 2 is 1.16 bits per heavy atom. The molecule has 0 bridgehead atoms. The Morgan fingerprint density at radius 1 is 0.667 bits per heavy atom. The summed E-state index contributed by atoms with van der Waals surface area (Å²) in [6, 6.07) is 19.2. The van der Waals surface area contributed by atoms with Gasteiger partial charge in [0.25, 0.3) is 0 Å². The topological polar surface area (TPSA) is 55.8 Å². The second-order valence-electron chi connectivity index (χ2n) is 17.0. The first kappa shape index (κ1) is 48.9. The zero-order chi connectivity index (χ0) is 37.1. The van der Waals surface area contributed by atoms with E-state index in [1.165, 1.54) is 94.6 Å². The van der Waals surface area contributed by atoms with E-state index >= 15 is 0 Å². The van der Waals surface area contributed by atoms with E-state index in [9.17, 15) is 4.79 Å². The van der Waals surface area contributed by atoms with Crippen LogP contribution in [-0.2, 0) is 21.5 Å². The number of carboxylic acid groups (broad SMARTS) is 1. The number of ether oxygens (including phenoxy) is 2. The molecule has 0 radical (unpaired) electrons. The lowest BCUT2D eigenvalue weighted by Gasteiger charge is -2.33. The number of aliphatic carboxylic acids is 1. The molecule has 2 aromatic carbocycles. The van der Waals surface area contributed by atoms with Crippen LogP contribution in [0.3, 0.4) is 0 Å². The standard InChI is InChI=1S/C27H42NO2.C18H36O2.ClH/c1-26(2,3)22-27(4,5)24-13-15-25(16-14-24)30-20-19-29-18-17-28(6,7)21-23-11-9-8-10-12-23;1-2-3-4-5-6-7-8-9-10-11-12-13-14-15-16-17-18(19)20;/h8-16H,17-22H2,1-7H3;2-17H2,1H3,(H,19,20);1H/q+1;;/p-1. The number of carbonyl (C=O) groups is 1. The van der Waals surface area contributed by atoms with Gasteiger partial charge in [-0.15, -0.1) is 0 Å². The van der Waals surface area contributed by atoms with Crippen LogP contribution in [0.5, 0.6) is 5.75 Å². The smallest absolute Gasteiger partial charge is 0.303 e. The van der Waals surface area contributed by atoms with Gasteiger partial charge in [0.05, 0.1) is 27.3 Å². The molecule has 5 nitrogen and oxygen atoms in total. The molecule has 0 aliphatic rings. The number of nitrogens with zero attached hydrogens (tertiary/aromatic N) is 1. The van der Waals surface area contributed by atoms with Gasteiger partial charge in [0.1, 0.15) is 25.4 Å². The van der Waals surface area contributed by atoms with Gasteiger partial charge in [-0.1, -0.05) is 174 Å². The van der Waals surface area contributed by atoms with E-state index in [2.05, 4.69) is 110 Å². The molecule has 2 rings (SSSR count). The third kappa shape index (κ3) is 28.1. The van der Waals surface area contributed by atoms with Crippen molar-refractivity contribution in [1.82, 2.24) is 0 Å². The van der Waals surface area contributed by atoms with Crippen molar-refractivity contribution in [2.75, 3.05) is 40.5 Å². The summed E-state index contributed by atoms with van der Waals surface area (Å²) in [6.45, 7) is 17.7. The predicted octanol–water partition coefficient (Wildman–Crippen LogP) is 9.41. The van der Waals surface area contributed by atoms with E-state index < -0.39 is 5.97 Å². The molecule has 0 fully saturated rings. The molecule has 0 amide bonds. The fourth-order valence-electron chi connectivity index (χ4n) is 6.87. The summed E-state index contributed by atoms with van der Waals surface area (Å²) >= 11 is 0. The molecule has 0 saturated carbocycles. The lowest BCUT2D eigenvalue weighted by Crippen LogP contribution is -3.00. The zero-order valence-electron chi connectivity index (χ0n) is 34.2. The molecule has 0 aliphatic carbocycles. The van der Waals surface area contributed by atoms with E-state index in [0.717, 1.165) is 49.2 Å². The molecular weight excluding hydrogens is 654 g/mol. The highest BCUT2D eigenvalue weighted by Crippen LogP contribution is 2.36. The van der Waals surface area contributed by atoms with Crippen molar-refractivity contribution in [3.8, 4) is 5.75 Å². The van der Waals surface area contributed by atoms with Gasteiger partial charge in [-0.2, -0.15) is 0 Å². The van der Waals surface area contributed by atoms with Crippen molar-refractivity contribution in [1.29, 1.82) is 0 Å². The van der Waals surface area contributed by atoms with Crippen molar-refractivity contribution >= 4 is 5.97 Å². The number of likely N-dealkylation sites (N-methyl/N-ethyl adjacent to an activating group) is 1. The fraction of sp³-hybridized carbons (Fsp3) is 0.711. The second-order valence-corrected chi connectivity index (χ2v) is 17.0. The van der Waals surface area contributed by atoms with Crippen LogP contribution in [0, 0.1) is 5.41 Å². The molecule has 2 aromatic rings. The normalized spacial score (nSPS) is 11.8. The average molecular weight is 733 g/mol. The number of hydrogen-bond donors (Lipinski definition) is 1. The number of quaternary nitrogens is 1. The minimum absolute atomic E-state index is 0. The van der Waals surface area contributed by atoms with Gasteiger partial charge >= 0.3 is 5.97 Å². The van der Waals surface area contributed by atoms with Gasteiger partial charge in [0, 0.05) is 12.0 Å². The summed E-state index contributed by atoms with van der Waals surface area (Å²) < 4.78 is 12.6. The van der Waals surface area contributed by atoms with Crippen molar-refractivity contribution in [3.05, 3.63) is 65.7 Å². The molecule has 0 atom stereocenters. The minimum Gasteiger partial charge on any atom is -1.00 e. The Morgan fingerprint density at radius 3 is 1.63 bits per heavy atom. The molecule has 0 aromatic heterocycles. The SMILES string of the molecule is CC(C)(C)CC(C)(C)c1ccc(OCCOCC[N+](C)(C)Cc2ccccc2)cc1.CCCCCCCCCCCCCCCCCC(=O)O.[Cl-]. The van der Waals surface area contributed by atoms with Crippen LogP contribution < -0.4 is 17.1 Å². The van der Waals surface area contributed by atoms with Crippen LogP contribution in [0.2, 0.25) is 0 Å². The summed E-state index contributed by atoms with van der Waals surface area (Å²) in [5.74, 6) is 0.258. The van der Waals surface area contributed by atoms with Crippen molar-refractivity contribution in [3.63, 3.8) is 0 Å². The number of halogens is 1. The second kappa shape index (κ2) is 28.4. The van der Waals surface area contributed by atoms with Crippen LogP contribution in [0.15, 0.2) is 54.6 Å². The summed E-state index contributed by atoms with van der Waals surface area (Å²) in [6.07, 6.45) is 21.3. The van der Waals surface area contributed by atoms with E-state index in [1.807, 2.05) is 0 Å². The molecular formula is C45H78ClNO4. The first-order chi connectivity index (χ1) is 23.7. The van der Waals surface area contributed by atoms with Crippen molar-refractivity contribution < 1.29 is 36.3 Å². The lowest BCUT2D eigenvalue weighted by atomic mass is 9.72. The van der Waals surface area contributed by atoms with Gasteiger partial charge < -0.3 is 31.5 Å². The molecule has 51 heavy (non-hydrogen) atoms. The maximum atomic E-state index is 10.3. The Hall–Kier alpha value is -2.08. The van der Waals surface area contributed by atoms with Crippen molar-refractivity contribution in [2.24, 2.45) is 5.41 Å². The highest BCUT2D eigenvalue weighted by molar-refractivity contribution is 5.66. The third-order valence-electron chi connectivity index (χ3n) is 9.39. The van der Waals surface area contributed by atoms with Crippen LogP contribution in [-0.4, -0.2) is 56.0 Å². The Labute approximate surface area is 321 Å². The van der Waals surface area contributed by atoms with Gasteiger partial charge in [-0.25, -0.2) is 0 Å². The first-order valence-corrected chi connectivity index (χ1v) is 20.1. The maximum Gasteiger partial charge on any atom is 0.303 e. The van der Waals surface area contributed by atoms with E-state index in [4.69, 9.17) is 14.6 Å². The van der Waals surface area contributed by atoms with E-state index in [-0.39, 0.29) is 17.8 Å². The average Bonchev–Trinajstić information content (AvgIpc) is 3.04. The highest BCUT2D eigenvalue weighted by atomic mass is 35.5. The number of hydrogen-bond acceptors (Lipinski definition) is 3. The van der Waals surface area contributed by atoms with Crippen LogP contribution >= 0.6 is 0 Å². The number of unbranched alkanes of at least 4 members (excludes halogenated alkanes) is 14. The predicted molar refractivity (Wildman–Crippen MR) is 214 cm³/mol. The largest absolute Gasteiger partial charge is 1.00 e. The number of benzene rings is 2. The molecule has 6 heteroatoms. The van der Waals surface area contributed by atoms with Crippen LogP contribution in [0.25, 0.3) is 0 Å². The third-order valence-corrected chi connectivity index (χ3v) is 9.39. The summed E-state index contributed by atoms with van der Waals surface area (Å²) in [5, 5.41) is 8.52. The minimum atomic E-state index is -0.653. The molecule has 294 valence electrons. The zero-order valence-corrected chi connectivity index (χ0v) is 35.0. The Kier molecular flexibility index (Phi) is 27.3. The Balaban J connectivity index is 0.00000104. The van der Waals surface area contributed by atoms with E-state index in [1.54, 1.807) is 0 Å². The highest BCUT2D eigenvalue weighted by Gasteiger charge is 2.27. The molecule has 0 heterocycles. The van der Waals surface area contributed by atoms with Crippen molar-refractivity contribution in [2.45, 2.75) is 163 Å². The number of carboxylic acids is 1. The monoisotopic (exact) mass is 732 g/mol. The summed E-state index contributed by atoms with van der Waals surface area (Å²) in [4.78, 5) is 10.3. The molecule has 0 aliphatic heterocycles. The van der Waals surface area contributed by atoms with Gasteiger partial charge in [0.15, 0.2) is 0 Å². The molecule has 0 unspecified atom stereocenters. The maximum absolute atomic E-state index is 10.3. The van der Waals surface area contributed by atoms with Gasteiger partial charge in [0.2, 0.25) is 0 Å². The fourth-order valence-corrected chi connectivity index (χ4v) is 6.87. The molecule has 1 N–H and O–H groups in total. The molecule has 0 spiro atoms. The van der Waals surface area contributed by atoms with E-state index in [0.29, 0.717) is 25.0 Å². The first-order valence-electron chi connectivity index (χ1n) is 20.1. The van der Waals surface area contributed by atoms with Crippen LogP contribution in [0.4, 0.5) is 0 Å². The summed E-state index contributed by atoms with van der Waals surface area (Å²) in [7, 11) is 4.49.